The van der Waals surface area contributed by atoms with Gasteiger partial charge >= 0.3 is 0 Å². The van der Waals surface area contributed by atoms with Gasteiger partial charge in [-0.3, -0.25) is 15.5 Å². The number of ether oxygens (including phenoxy) is 1. The molecular weight excluding hydrogens is 352 g/mol. The summed E-state index contributed by atoms with van der Waals surface area (Å²) < 4.78 is 5.39. The number of nitrogens with zero attached hydrogens (tertiary/aromatic N) is 3. The molecule has 0 atom stereocenters. The number of rotatable bonds is 7. The van der Waals surface area contributed by atoms with Crippen LogP contribution in [0.5, 0.6) is 5.75 Å². The van der Waals surface area contributed by atoms with Gasteiger partial charge in [-0.1, -0.05) is 12.1 Å². The van der Waals surface area contributed by atoms with Crippen molar-refractivity contribution in [3.63, 3.8) is 0 Å². The lowest BCUT2D eigenvalue weighted by Gasteiger charge is -2.02. The first kappa shape index (κ1) is 17.6. The number of nitro groups is 1. The Morgan fingerprint density at radius 2 is 2.12 bits per heavy atom. The Kier molecular flexibility index (Phi) is 5.55. The van der Waals surface area contributed by atoms with E-state index in [2.05, 4.69) is 15.5 Å². The zero-order valence-electron chi connectivity index (χ0n) is 14.0. The van der Waals surface area contributed by atoms with E-state index in [1.165, 1.54) is 23.5 Å². The van der Waals surface area contributed by atoms with E-state index in [1.807, 2.05) is 36.6 Å². The van der Waals surface area contributed by atoms with E-state index in [-0.39, 0.29) is 5.69 Å². The lowest BCUT2D eigenvalue weighted by Crippen LogP contribution is -1.93. The summed E-state index contributed by atoms with van der Waals surface area (Å²) in [6.45, 7) is 2.57. The lowest BCUT2D eigenvalue weighted by atomic mass is 10.1. The van der Waals surface area contributed by atoms with Crippen molar-refractivity contribution in [2.45, 2.75) is 6.92 Å². The predicted octanol–water partition coefficient (Wildman–Crippen LogP) is 4.56. The minimum Gasteiger partial charge on any atom is -0.494 e. The van der Waals surface area contributed by atoms with Gasteiger partial charge in [0.1, 0.15) is 5.75 Å². The molecule has 0 saturated heterocycles. The third kappa shape index (κ3) is 4.42. The summed E-state index contributed by atoms with van der Waals surface area (Å²) in [5.41, 5.74) is 5.20. The summed E-state index contributed by atoms with van der Waals surface area (Å²) in [5, 5.41) is 17.5. The summed E-state index contributed by atoms with van der Waals surface area (Å²) in [6, 6.07) is 14.0. The maximum absolute atomic E-state index is 10.9. The van der Waals surface area contributed by atoms with Crippen LogP contribution in [0.15, 0.2) is 59.0 Å². The van der Waals surface area contributed by atoms with Gasteiger partial charge in [0.25, 0.3) is 5.69 Å². The van der Waals surface area contributed by atoms with E-state index < -0.39 is 4.92 Å². The van der Waals surface area contributed by atoms with Crippen LogP contribution < -0.4 is 10.2 Å². The molecule has 2 aromatic carbocycles. The van der Waals surface area contributed by atoms with Crippen LogP contribution in [0.25, 0.3) is 11.3 Å². The highest BCUT2D eigenvalue weighted by atomic mass is 32.1. The molecule has 0 fully saturated rings. The Hall–Kier alpha value is -3.26. The van der Waals surface area contributed by atoms with Gasteiger partial charge in [0, 0.05) is 23.1 Å². The monoisotopic (exact) mass is 368 g/mol. The van der Waals surface area contributed by atoms with Gasteiger partial charge < -0.3 is 4.74 Å². The molecule has 0 aliphatic heterocycles. The predicted molar refractivity (Wildman–Crippen MR) is 103 cm³/mol. The molecule has 8 heteroatoms. The fourth-order valence-corrected chi connectivity index (χ4v) is 2.88. The van der Waals surface area contributed by atoms with E-state index in [0.717, 1.165) is 11.3 Å². The second-order valence-electron chi connectivity index (χ2n) is 5.22. The van der Waals surface area contributed by atoms with E-state index in [0.29, 0.717) is 23.0 Å². The molecule has 0 unspecified atom stereocenters. The molecule has 0 aliphatic carbocycles. The van der Waals surface area contributed by atoms with Gasteiger partial charge in [0.2, 0.25) is 5.13 Å². The molecule has 3 rings (SSSR count). The van der Waals surface area contributed by atoms with Crippen LogP contribution >= 0.6 is 11.3 Å². The number of nitrogens with one attached hydrogen (secondary N) is 1. The van der Waals surface area contributed by atoms with E-state index in [4.69, 9.17) is 4.74 Å². The van der Waals surface area contributed by atoms with Crippen molar-refractivity contribution < 1.29 is 9.66 Å². The summed E-state index contributed by atoms with van der Waals surface area (Å²) in [5.74, 6) is 0.819. The molecule has 3 aromatic rings. The quantitative estimate of drug-likeness (QED) is 0.375. The number of hydrazone groups is 1. The van der Waals surface area contributed by atoms with Gasteiger partial charge in [0.15, 0.2) is 0 Å². The van der Waals surface area contributed by atoms with Crippen molar-refractivity contribution in [3.05, 3.63) is 69.6 Å². The average molecular weight is 368 g/mol. The van der Waals surface area contributed by atoms with Crippen molar-refractivity contribution in [2.75, 3.05) is 12.0 Å². The average Bonchev–Trinajstić information content (AvgIpc) is 3.12. The topological polar surface area (TPSA) is 89.7 Å². The van der Waals surface area contributed by atoms with Gasteiger partial charge in [-0.05, 0) is 36.8 Å². The number of thiazole rings is 1. The molecule has 1 heterocycles. The molecule has 0 aliphatic rings. The Balaban J connectivity index is 1.65. The van der Waals surface area contributed by atoms with E-state index in [9.17, 15) is 10.1 Å². The molecule has 0 bridgehead atoms. The first-order valence-corrected chi connectivity index (χ1v) is 8.76. The summed E-state index contributed by atoms with van der Waals surface area (Å²) in [7, 11) is 0. The molecule has 0 spiro atoms. The molecule has 7 nitrogen and oxygen atoms in total. The number of aromatic nitrogens is 1. The van der Waals surface area contributed by atoms with Gasteiger partial charge in [-0.2, -0.15) is 5.10 Å². The highest BCUT2D eigenvalue weighted by Crippen LogP contribution is 2.27. The van der Waals surface area contributed by atoms with Gasteiger partial charge in [-0.15, -0.1) is 11.3 Å². The Bertz CT molecular complexity index is 922. The zero-order valence-corrected chi connectivity index (χ0v) is 14.8. The van der Waals surface area contributed by atoms with Crippen LogP contribution in [0.1, 0.15) is 12.5 Å². The van der Waals surface area contributed by atoms with Crippen LogP contribution in [0.4, 0.5) is 10.8 Å². The molecule has 1 aromatic heterocycles. The Morgan fingerprint density at radius 1 is 1.31 bits per heavy atom. The number of anilines is 1. The van der Waals surface area contributed by atoms with Crippen LogP contribution in [0.2, 0.25) is 0 Å². The minimum atomic E-state index is -0.420. The molecular formula is C18H16N4O3S. The van der Waals surface area contributed by atoms with Crippen LogP contribution in [-0.4, -0.2) is 22.7 Å². The fourth-order valence-electron chi connectivity index (χ4n) is 2.22. The zero-order chi connectivity index (χ0) is 18.4. The van der Waals surface area contributed by atoms with Gasteiger partial charge in [0.05, 0.1) is 23.4 Å². The second kappa shape index (κ2) is 8.21. The third-order valence-electron chi connectivity index (χ3n) is 3.42. The van der Waals surface area contributed by atoms with Crippen molar-refractivity contribution in [1.82, 2.24) is 4.98 Å². The third-order valence-corrected chi connectivity index (χ3v) is 4.17. The van der Waals surface area contributed by atoms with Crippen molar-refractivity contribution in [2.24, 2.45) is 5.10 Å². The van der Waals surface area contributed by atoms with E-state index >= 15 is 0 Å². The standard InChI is InChI=1S/C18H16N4O3S/c1-2-25-16-8-6-13(7-9-16)11-19-21-18-20-17(12-26-18)14-4-3-5-15(10-14)22(23)24/h3-12H,2H2,1H3,(H,20,21)/b19-11+. The number of non-ortho nitro benzene ring substituents is 1. The minimum absolute atomic E-state index is 0.0403. The second-order valence-corrected chi connectivity index (χ2v) is 6.08. The molecule has 0 saturated carbocycles. The molecule has 0 radical (unpaired) electrons. The molecule has 132 valence electrons. The molecule has 26 heavy (non-hydrogen) atoms. The number of hydrogen-bond acceptors (Lipinski definition) is 7. The van der Waals surface area contributed by atoms with Crippen molar-refractivity contribution in [3.8, 4) is 17.0 Å². The highest BCUT2D eigenvalue weighted by Gasteiger charge is 2.09. The van der Waals surface area contributed by atoms with Crippen molar-refractivity contribution in [1.29, 1.82) is 0 Å². The maximum Gasteiger partial charge on any atom is 0.270 e. The van der Waals surface area contributed by atoms with E-state index in [1.54, 1.807) is 18.3 Å². The summed E-state index contributed by atoms with van der Waals surface area (Å²) in [6.07, 6.45) is 1.68. The number of hydrogen-bond donors (Lipinski definition) is 1. The molecule has 1 N–H and O–H groups in total. The Labute approximate surface area is 154 Å². The first-order chi connectivity index (χ1) is 12.7. The largest absolute Gasteiger partial charge is 0.494 e. The van der Waals surface area contributed by atoms with Crippen molar-refractivity contribution >= 4 is 28.4 Å². The van der Waals surface area contributed by atoms with Crippen LogP contribution in [0, 0.1) is 10.1 Å². The summed E-state index contributed by atoms with van der Waals surface area (Å²) >= 11 is 1.38. The fraction of sp³-hybridized carbons (Fsp3) is 0.111. The number of benzene rings is 2. The smallest absolute Gasteiger partial charge is 0.270 e. The number of nitro benzene ring substituents is 1. The Morgan fingerprint density at radius 3 is 2.85 bits per heavy atom. The van der Waals surface area contributed by atoms with Crippen LogP contribution in [0.3, 0.4) is 0 Å². The molecule has 0 amide bonds. The van der Waals surface area contributed by atoms with Gasteiger partial charge in [-0.25, -0.2) is 4.98 Å². The van der Waals surface area contributed by atoms with Crippen LogP contribution in [-0.2, 0) is 0 Å². The lowest BCUT2D eigenvalue weighted by molar-refractivity contribution is -0.384. The summed E-state index contributed by atoms with van der Waals surface area (Å²) in [4.78, 5) is 14.9. The maximum atomic E-state index is 10.9. The first-order valence-electron chi connectivity index (χ1n) is 7.88. The normalized spacial score (nSPS) is 10.8. The highest BCUT2D eigenvalue weighted by molar-refractivity contribution is 7.14. The SMILES string of the molecule is CCOc1ccc(/C=N/Nc2nc(-c3cccc([N+](=O)[O-])c3)cs2)cc1.